The lowest BCUT2D eigenvalue weighted by atomic mass is 9.86. The van der Waals surface area contributed by atoms with Gasteiger partial charge < -0.3 is 4.74 Å². The number of benzene rings is 4. The van der Waals surface area contributed by atoms with Crippen molar-refractivity contribution in [3.63, 3.8) is 0 Å². The van der Waals surface area contributed by atoms with Gasteiger partial charge in [0.05, 0.1) is 10.9 Å². The number of ether oxygens (including phenoxy) is 1. The molecule has 0 unspecified atom stereocenters. The van der Waals surface area contributed by atoms with Gasteiger partial charge in [0.1, 0.15) is 18.5 Å². The summed E-state index contributed by atoms with van der Waals surface area (Å²) in [7, 11) is 2.15. The van der Waals surface area contributed by atoms with Gasteiger partial charge in [0.2, 0.25) is 5.69 Å². The quantitative estimate of drug-likeness (QED) is 0.209. The van der Waals surface area contributed by atoms with E-state index in [1.54, 1.807) is 0 Å². The van der Waals surface area contributed by atoms with E-state index < -0.39 is 0 Å². The van der Waals surface area contributed by atoms with Crippen LogP contribution in [-0.4, -0.2) is 0 Å². The van der Waals surface area contributed by atoms with Crippen molar-refractivity contribution < 1.29 is 9.30 Å². The molecule has 0 aliphatic carbocycles. The van der Waals surface area contributed by atoms with Crippen molar-refractivity contribution in [3.05, 3.63) is 77.5 Å². The van der Waals surface area contributed by atoms with Crippen LogP contribution in [0.4, 0.5) is 0 Å². The van der Waals surface area contributed by atoms with Crippen LogP contribution in [0.1, 0.15) is 30.5 Å². The fraction of sp³-hybridized carbons (Fsp3) is 0.233. The van der Waals surface area contributed by atoms with Crippen LogP contribution in [-0.2, 0) is 13.5 Å². The largest absolute Gasteiger partial charge is 0.455 e. The summed E-state index contributed by atoms with van der Waals surface area (Å²) in [4.78, 5) is 0. The first-order valence-corrected chi connectivity index (χ1v) is 11.5. The second kappa shape index (κ2) is 6.80. The molecular weight excluding hydrogens is 390 g/mol. The Kier molecular flexibility index (Phi) is 4.10. The Morgan fingerprint density at radius 3 is 2.47 bits per heavy atom. The van der Waals surface area contributed by atoms with Crippen molar-refractivity contribution in [1.29, 1.82) is 0 Å². The summed E-state index contributed by atoms with van der Waals surface area (Å²) < 4.78 is 9.01. The summed E-state index contributed by atoms with van der Waals surface area (Å²) >= 11 is 0. The summed E-state index contributed by atoms with van der Waals surface area (Å²) in [6.07, 6.45) is 3.25. The molecular formula is C30H28NO+. The normalized spacial score (nSPS) is 12.6. The molecule has 0 fully saturated rings. The maximum absolute atomic E-state index is 6.75. The number of fused-ring (bicyclic) bond motifs is 5. The van der Waals surface area contributed by atoms with E-state index in [9.17, 15) is 0 Å². The van der Waals surface area contributed by atoms with Crippen molar-refractivity contribution in [2.45, 2.75) is 34.1 Å². The third-order valence-electron chi connectivity index (χ3n) is 7.00. The van der Waals surface area contributed by atoms with Gasteiger partial charge in [-0.1, -0.05) is 56.3 Å². The lowest BCUT2D eigenvalue weighted by Gasteiger charge is -2.25. The Hall–Kier alpha value is -3.39. The molecule has 0 bridgehead atoms. The van der Waals surface area contributed by atoms with Crippen molar-refractivity contribution >= 4 is 32.3 Å². The van der Waals surface area contributed by atoms with Gasteiger partial charge in [-0.3, -0.25) is 0 Å². The maximum Gasteiger partial charge on any atom is 0.228 e. The van der Waals surface area contributed by atoms with Crippen LogP contribution in [0.25, 0.3) is 43.6 Å². The number of hydrogen-bond donors (Lipinski definition) is 0. The zero-order chi connectivity index (χ0) is 22.1. The van der Waals surface area contributed by atoms with Gasteiger partial charge in [0.15, 0.2) is 6.20 Å². The molecule has 0 amide bonds. The molecule has 4 aromatic carbocycles. The molecule has 2 heterocycles. The van der Waals surface area contributed by atoms with Crippen LogP contribution >= 0.6 is 0 Å². The average Bonchev–Trinajstić information content (AvgIpc) is 2.78. The zero-order valence-electron chi connectivity index (χ0n) is 19.4. The Balaban J connectivity index is 1.77. The molecule has 5 aromatic rings. The third kappa shape index (κ3) is 2.62. The van der Waals surface area contributed by atoms with Crippen molar-refractivity contribution in [2.24, 2.45) is 13.0 Å². The SMILES string of the molecule is Cc1c2c(c(C)c3c1ccc1ccccc13)-c1c3c(cc(CC(C)C)cc3cc[n+]1C)O2. The van der Waals surface area contributed by atoms with Crippen molar-refractivity contribution in [1.82, 2.24) is 0 Å². The Morgan fingerprint density at radius 2 is 1.66 bits per heavy atom. The Bertz CT molecular complexity index is 1580. The molecule has 1 aliphatic rings. The third-order valence-corrected chi connectivity index (χ3v) is 7.00. The van der Waals surface area contributed by atoms with Gasteiger partial charge in [-0.05, 0) is 70.3 Å². The fourth-order valence-corrected chi connectivity index (χ4v) is 5.61. The van der Waals surface area contributed by atoms with Gasteiger partial charge in [-0.25, -0.2) is 4.57 Å². The monoisotopic (exact) mass is 418 g/mol. The lowest BCUT2D eigenvalue weighted by molar-refractivity contribution is -0.659. The summed E-state index contributed by atoms with van der Waals surface area (Å²) in [6, 6.07) is 20.0. The van der Waals surface area contributed by atoms with Crippen LogP contribution in [0.2, 0.25) is 0 Å². The van der Waals surface area contributed by atoms with Crippen LogP contribution in [0.5, 0.6) is 11.5 Å². The van der Waals surface area contributed by atoms with E-state index in [0.29, 0.717) is 5.92 Å². The standard InChI is InChI=1S/C30H28NO/c1-17(2)14-20-15-22-12-13-31(5)29-27-19(4)26-23(11-10-21-8-6-7-9-24(21)26)18(3)30(27)32-25(16-20)28(22)29/h6-13,15-17H,14H2,1-5H3/q+1. The van der Waals surface area contributed by atoms with Gasteiger partial charge in [-0.2, -0.15) is 0 Å². The second-order valence-corrected chi connectivity index (χ2v) is 9.70. The van der Waals surface area contributed by atoms with Crippen LogP contribution < -0.4 is 9.30 Å². The summed E-state index contributed by atoms with van der Waals surface area (Å²) in [6.45, 7) is 9.00. The van der Waals surface area contributed by atoms with Gasteiger partial charge in [-0.15, -0.1) is 0 Å². The minimum absolute atomic E-state index is 0.607. The van der Waals surface area contributed by atoms with E-state index in [2.05, 4.69) is 100 Å². The van der Waals surface area contributed by atoms with E-state index in [0.717, 1.165) is 17.9 Å². The van der Waals surface area contributed by atoms with Crippen LogP contribution in [0.3, 0.4) is 0 Å². The molecule has 32 heavy (non-hydrogen) atoms. The zero-order valence-corrected chi connectivity index (χ0v) is 19.4. The number of rotatable bonds is 2. The molecule has 1 aromatic heterocycles. The highest BCUT2D eigenvalue weighted by atomic mass is 16.5. The minimum Gasteiger partial charge on any atom is -0.455 e. The second-order valence-electron chi connectivity index (χ2n) is 9.70. The van der Waals surface area contributed by atoms with Gasteiger partial charge in [0, 0.05) is 11.6 Å². The molecule has 0 atom stereocenters. The maximum atomic E-state index is 6.75. The number of aryl methyl sites for hydroxylation is 3. The number of nitrogens with zero attached hydrogens (tertiary/aromatic N) is 1. The van der Waals surface area contributed by atoms with E-state index in [1.807, 2.05) is 0 Å². The summed E-state index contributed by atoms with van der Waals surface area (Å²) in [5.41, 5.74) is 6.32. The Labute approximate surface area is 189 Å². The highest BCUT2D eigenvalue weighted by Gasteiger charge is 2.32. The van der Waals surface area contributed by atoms with E-state index in [1.165, 1.54) is 60.3 Å². The van der Waals surface area contributed by atoms with Crippen LogP contribution in [0, 0.1) is 19.8 Å². The van der Waals surface area contributed by atoms with Gasteiger partial charge in [0.25, 0.3) is 0 Å². The molecule has 0 saturated carbocycles. The molecule has 0 radical (unpaired) electrons. The van der Waals surface area contributed by atoms with Crippen LogP contribution in [0.15, 0.2) is 60.8 Å². The van der Waals surface area contributed by atoms with Crippen molar-refractivity contribution in [3.8, 4) is 22.8 Å². The number of hydrogen-bond acceptors (Lipinski definition) is 1. The minimum atomic E-state index is 0.607. The molecule has 2 nitrogen and oxygen atoms in total. The van der Waals surface area contributed by atoms with Crippen molar-refractivity contribution in [2.75, 3.05) is 0 Å². The predicted octanol–water partition coefficient (Wildman–Crippen LogP) is 7.56. The smallest absolute Gasteiger partial charge is 0.228 e. The molecule has 0 saturated heterocycles. The first-order chi connectivity index (χ1) is 15.4. The summed E-state index contributed by atoms with van der Waals surface area (Å²) in [5, 5.41) is 7.67. The van der Waals surface area contributed by atoms with E-state index in [4.69, 9.17) is 4.74 Å². The van der Waals surface area contributed by atoms with Gasteiger partial charge >= 0.3 is 0 Å². The first-order valence-electron chi connectivity index (χ1n) is 11.5. The first kappa shape index (κ1) is 19.3. The molecule has 1 aliphatic heterocycles. The highest BCUT2D eigenvalue weighted by Crippen LogP contribution is 2.51. The van der Waals surface area contributed by atoms with E-state index >= 15 is 0 Å². The average molecular weight is 419 g/mol. The molecule has 0 N–H and O–H groups in total. The molecule has 0 spiro atoms. The lowest BCUT2D eigenvalue weighted by Crippen LogP contribution is -2.32. The predicted molar refractivity (Wildman–Crippen MR) is 134 cm³/mol. The molecule has 2 heteroatoms. The molecule has 158 valence electrons. The van der Waals surface area contributed by atoms with E-state index in [-0.39, 0.29) is 0 Å². The number of pyridine rings is 1. The topological polar surface area (TPSA) is 13.1 Å². The Morgan fingerprint density at radius 1 is 0.844 bits per heavy atom. The highest BCUT2D eigenvalue weighted by molar-refractivity contribution is 6.15. The number of aromatic nitrogens is 1. The fourth-order valence-electron chi connectivity index (χ4n) is 5.61. The molecule has 6 rings (SSSR count). The summed E-state index contributed by atoms with van der Waals surface area (Å²) in [5.74, 6) is 2.60.